The Morgan fingerprint density at radius 1 is 1.06 bits per heavy atom. The second-order valence-corrected chi connectivity index (χ2v) is 10.8. The van der Waals surface area contributed by atoms with Crippen molar-refractivity contribution in [1.82, 2.24) is 4.90 Å². The average molecular weight is 514 g/mol. The van der Waals surface area contributed by atoms with Gasteiger partial charge < -0.3 is 14.5 Å². The minimum Gasteiger partial charge on any atom is -0.497 e. The Morgan fingerprint density at radius 3 is 2.34 bits per heavy atom. The van der Waals surface area contributed by atoms with E-state index in [-0.39, 0.29) is 16.8 Å². The lowest BCUT2D eigenvalue weighted by molar-refractivity contribution is 0.0730. The number of benzene rings is 3. The topological polar surface area (TPSA) is 79.0 Å². The van der Waals surface area contributed by atoms with Crippen molar-refractivity contribution in [3.63, 3.8) is 0 Å². The number of rotatable bonds is 9. The Kier molecular flexibility index (Phi) is 7.23. The van der Waals surface area contributed by atoms with Crippen LogP contribution in [0.4, 0.5) is 11.4 Å². The lowest BCUT2D eigenvalue weighted by Gasteiger charge is -2.26. The van der Waals surface area contributed by atoms with Crippen LogP contribution in [0.1, 0.15) is 28.8 Å². The van der Waals surface area contributed by atoms with Crippen LogP contribution in [0.2, 0.25) is 5.02 Å². The van der Waals surface area contributed by atoms with E-state index in [0.29, 0.717) is 28.6 Å². The molecule has 1 aliphatic rings. The van der Waals surface area contributed by atoms with Gasteiger partial charge in [-0.05, 0) is 73.0 Å². The van der Waals surface area contributed by atoms with Crippen LogP contribution in [0.3, 0.4) is 0 Å². The van der Waals surface area contributed by atoms with Gasteiger partial charge in [0.2, 0.25) is 0 Å². The van der Waals surface area contributed by atoms with Crippen molar-refractivity contribution in [2.24, 2.45) is 0 Å². The van der Waals surface area contributed by atoms with Gasteiger partial charge in [0.15, 0.2) is 0 Å². The van der Waals surface area contributed by atoms with Crippen LogP contribution in [0, 0.1) is 0 Å². The molecule has 4 rings (SSSR count). The molecular weight excluding hydrogens is 486 g/mol. The number of halogens is 1. The van der Waals surface area contributed by atoms with E-state index in [4.69, 9.17) is 16.3 Å². The highest BCUT2D eigenvalue weighted by molar-refractivity contribution is 7.92. The molecule has 3 aromatic rings. The van der Waals surface area contributed by atoms with Gasteiger partial charge in [-0.1, -0.05) is 23.7 Å². The standard InChI is InChI=1S/C26H28ClN3O4S/c1-29(2)25-15-8-19(28-35(32,33)22-13-11-21(34-3)12-14-22)16-18(25)17-30(20-9-10-20)26(31)23-6-4-5-7-24(23)27/h4-8,11-16,20,28H,9-10,17H2,1-3H3. The summed E-state index contributed by atoms with van der Waals surface area (Å²) >= 11 is 6.31. The Hall–Kier alpha value is -3.23. The number of carbonyl (C=O) groups is 1. The fraction of sp³-hybridized carbons (Fsp3) is 0.269. The maximum Gasteiger partial charge on any atom is 0.261 e. The molecule has 9 heteroatoms. The van der Waals surface area contributed by atoms with E-state index in [0.717, 1.165) is 24.1 Å². The van der Waals surface area contributed by atoms with Crippen LogP contribution < -0.4 is 14.4 Å². The molecular formula is C26H28ClN3O4S. The Morgan fingerprint density at radius 2 is 1.74 bits per heavy atom. The van der Waals surface area contributed by atoms with E-state index >= 15 is 0 Å². The highest BCUT2D eigenvalue weighted by Crippen LogP contribution is 2.34. The molecule has 0 atom stereocenters. The van der Waals surface area contributed by atoms with Crippen LogP contribution >= 0.6 is 11.6 Å². The smallest absolute Gasteiger partial charge is 0.261 e. The summed E-state index contributed by atoms with van der Waals surface area (Å²) in [5, 5.41) is 0.414. The third-order valence-electron chi connectivity index (χ3n) is 5.88. The lowest BCUT2D eigenvalue weighted by atomic mass is 10.1. The summed E-state index contributed by atoms with van der Waals surface area (Å²) in [6, 6.07) is 18.7. The lowest BCUT2D eigenvalue weighted by Crippen LogP contribution is -2.33. The molecule has 1 saturated carbocycles. The summed E-state index contributed by atoms with van der Waals surface area (Å²) in [5.41, 5.74) is 2.61. The number of carbonyl (C=O) groups excluding carboxylic acids is 1. The third-order valence-corrected chi connectivity index (χ3v) is 7.60. The Bertz CT molecular complexity index is 1320. The molecule has 1 aliphatic carbocycles. The Labute approximate surface area is 211 Å². The molecule has 1 amide bonds. The van der Waals surface area contributed by atoms with Crippen LogP contribution in [0.5, 0.6) is 5.75 Å². The van der Waals surface area contributed by atoms with Crippen molar-refractivity contribution in [3.05, 3.63) is 82.9 Å². The van der Waals surface area contributed by atoms with Gasteiger partial charge in [-0.3, -0.25) is 9.52 Å². The highest BCUT2D eigenvalue weighted by Gasteiger charge is 2.34. The normalized spacial score (nSPS) is 13.3. The van der Waals surface area contributed by atoms with Gasteiger partial charge in [0.05, 0.1) is 22.6 Å². The van der Waals surface area contributed by atoms with Crippen molar-refractivity contribution >= 4 is 38.9 Å². The predicted octanol–water partition coefficient (Wildman–Crippen LogP) is 5.02. The molecule has 0 radical (unpaired) electrons. The number of nitrogens with one attached hydrogen (secondary N) is 1. The van der Waals surface area contributed by atoms with E-state index in [2.05, 4.69) is 4.72 Å². The number of amides is 1. The van der Waals surface area contributed by atoms with E-state index in [1.807, 2.05) is 30.0 Å². The molecule has 0 saturated heterocycles. The fourth-order valence-corrected chi connectivity index (χ4v) is 5.17. The number of sulfonamides is 1. The first-order chi connectivity index (χ1) is 16.7. The fourth-order valence-electron chi connectivity index (χ4n) is 3.91. The van der Waals surface area contributed by atoms with Crippen molar-refractivity contribution < 1.29 is 17.9 Å². The minimum absolute atomic E-state index is 0.130. The number of nitrogens with zero attached hydrogens (tertiary/aromatic N) is 2. The number of ether oxygens (including phenoxy) is 1. The minimum atomic E-state index is -3.80. The molecule has 0 aromatic heterocycles. The van der Waals surface area contributed by atoms with Crippen molar-refractivity contribution in [1.29, 1.82) is 0 Å². The van der Waals surface area contributed by atoms with Crippen LogP contribution in [0.25, 0.3) is 0 Å². The second kappa shape index (κ2) is 10.2. The summed E-state index contributed by atoms with van der Waals surface area (Å²) in [6.07, 6.45) is 1.86. The quantitative estimate of drug-likeness (QED) is 0.434. The van der Waals surface area contributed by atoms with Gasteiger partial charge in [0, 0.05) is 38.1 Å². The second-order valence-electron chi connectivity index (χ2n) is 8.66. The van der Waals surface area contributed by atoms with Gasteiger partial charge in [-0.15, -0.1) is 0 Å². The highest BCUT2D eigenvalue weighted by atomic mass is 35.5. The molecule has 0 aliphatic heterocycles. The zero-order chi connectivity index (χ0) is 25.2. The average Bonchev–Trinajstić information content (AvgIpc) is 3.67. The maximum absolute atomic E-state index is 13.4. The summed E-state index contributed by atoms with van der Waals surface area (Å²) in [6.45, 7) is 0.334. The summed E-state index contributed by atoms with van der Waals surface area (Å²) in [4.78, 5) is 17.3. The van der Waals surface area contributed by atoms with Gasteiger partial charge >= 0.3 is 0 Å². The van der Waals surface area contributed by atoms with Crippen molar-refractivity contribution in [2.75, 3.05) is 30.8 Å². The molecule has 184 valence electrons. The number of anilines is 2. The first kappa shape index (κ1) is 24.9. The summed E-state index contributed by atoms with van der Waals surface area (Å²) < 4.78 is 33.7. The van der Waals surface area contributed by atoms with Gasteiger partial charge in [0.1, 0.15) is 5.75 Å². The van der Waals surface area contributed by atoms with Crippen molar-refractivity contribution in [2.45, 2.75) is 30.3 Å². The third kappa shape index (κ3) is 5.71. The molecule has 0 bridgehead atoms. The Balaban J connectivity index is 1.63. The molecule has 0 spiro atoms. The van der Waals surface area contributed by atoms with Crippen LogP contribution in [-0.2, 0) is 16.6 Å². The van der Waals surface area contributed by atoms with Gasteiger partial charge in [-0.2, -0.15) is 0 Å². The molecule has 3 aromatic carbocycles. The molecule has 35 heavy (non-hydrogen) atoms. The molecule has 7 nitrogen and oxygen atoms in total. The number of hydrogen-bond donors (Lipinski definition) is 1. The van der Waals surface area contributed by atoms with Crippen LogP contribution in [0.15, 0.2) is 71.6 Å². The SMILES string of the molecule is COc1ccc(S(=O)(=O)Nc2ccc(N(C)C)c(CN(C(=O)c3ccccc3Cl)C3CC3)c2)cc1. The maximum atomic E-state index is 13.4. The van der Waals surface area contributed by atoms with E-state index < -0.39 is 10.0 Å². The molecule has 1 N–H and O–H groups in total. The number of methoxy groups -OCH3 is 1. The largest absolute Gasteiger partial charge is 0.497 e. The molecule has 0 heterocycles. The monoisotopic (exact) mass is 513 g/mol. The molecule has 1 fully saturated rings. The van der Waals surface area contributed by atoms with Gasteiger partial charge in [0.25, 0.3) is 15.9 Å². The van der Waals surface area contributed by atoms with Crippen LogP contribution in [-0.4, -0.2) is 46.5 Å². The zero-order valence-corrected chi connectivity index (χ0v) is 21.4. The zero-order valence-electron chi connectivity index (χ0n) is 19.9. The van der Waals surface area contributed by atoms with E-state index in [9.17, 15) is 13.2 Å². The van der Waals surface area contributed by atoms with Crippen molar-refractivity contribution in [3.8, 4) is 5.75 Å². The summed E-state index contributed by atoms with van der Waals surface area (Å²) in [5.74, 6) is 0.442. The first-order valence-electron chi connectivity index (χ1n) is 11.2. The van der Waals surface area contributed by atoms with E-state index in [1.54, 1.807) is 48.5 Å². The predicted molar refractivity (Wildman–Crippen MR) is 139 cm³/mol. The summed E-state index contributed by atoms with van der Waals surface area (Å²) in [7, 11) is 1.55. The van der Waals surface area contributed by atoms with Gasteiger partial charge in [-0.25, -0.2) is 8.42 Å². The number of hydrogen-bond acceptors (Lipinski definition) is 5. The molecule has 0 unspecified atom stereocenters. The first-order valence-corrected chi connectivity index (χ1v) is 13.1. The van der Waals surface area contributed by atoms with E-state index in [1.165, 1.54) is 19.2 Å².